The minimum atomic E-state index is -3.70. The van der Waals surface area contributed by atoms with E-state index in [4.69, 9.17) is 0 Å². The summed E-state index contributed by atoms with van der Waals surface area (Å²) in [6, 6.07) is 25.3. The Labute approximate surface area is 189 Å². The first kappa shape index (κ1) is 22.0. The van der Waals surface area contributed by atoms with Gasteiger partial charge in [-0.3, -0.25) is 14.4 Å². The van der Waals surface area contributed by atoms with Gasteiger partial charge in [0.05, 0.1) is 4.90 Å². The van der Waals surface area contributed by atoms with E-state index in [1.807, 2.05) is 12.1 Å². The number of benzene rings is 3. The molecule has 166 valence electrons. The Balaban J connectivity index is 1.30. The highest BCUT2D eigenvalue weighted by Crippen LogP contribution is 2.18. The van der Waals surface area contributed by atoms with Crippen LogP contribution in [0, 0.1) is 0 Å². The average Bonchev–Trinajstić information content (AvgIpc) is 2.81. The van der Waals surface area contributed by atoms with Crippen molar-refractivity contribution in [2.45, 2.75) is 30.3 Å². The first-order chi connectivity index (χ1) is 15.5. The number of likely N-dealkylation sites (tertiary alicyclic amines) is 1. The topological polar surface area (TPSA) is 78.5 Å². The quantitative estimate of drug-likeness (QED) is 0.574. The average molecular weight is 450 g/mol. The van der Waals surface area contributed by atoms with Crippen molar-refractivity contribution in [3.05, 3.63) is 96.1 Å². The van der Waals surface area contributed by atoms with E-state index in [0.717, 1.165) is 32.5 Å². The van der Waals surface area contributed by atoms with E-state index in [2.05, 4.69) is 39.2 Å². The predicted octanol–water partition coefficient (Wildman–Crippen LogP) is 3.88. The van der Waals surface area contributed by atoms with Crippen molar-refractivity contribution >= 4 is 21.6 Å². The molecule has 2 N–H and O–H groups in total. The number of carbonyl (C=O) groups excluding carboxylic acids is 1. The van der Waals surface area contributed by atoms with Gasteiger partial charge in [-0.2, -0.15) is 0 Å². The Hall–Kier alpha value is -3.16. The molecule has 1 aliphatic rings. The number of hydrogen-bond donors (Lipinski definition) is 2. The molecule has 7 heteroatoms. The molecular weight excluding hydrogens is 422 g/mol. The number of hydrogen-bond acceptors (Lipinski definition) is 4. The van der Waals surface area contributed by atoms with Gasteiger partial charge < -0.3 is 5.32 Å². The first-order valence-corrected chi connectivity index (χ1v) is 12.2. The molecule has 0 saturated carbocycles. The van der Waals surface area contributed by atoms with Crippen LogP contribution in [0.3, 0.4) is 0 Å². The minimum absolute atomic E-state index is 0.118. The van der Waals surface area contributed by atoms with Crippen LogP contribution in [0.2, 0.25) is 0 Å². The molecule has 1 amide bonds. The lowest BCUT2D eigenvalue weighted by molar-refractivity contribution is 0.0909. The van der Waals surface area contributed by atoms with E-state index in [-0.39, 0.29) is 16.8 Å². The van der Waals surface area contributed by atoms with Crippen molar-refractivity contribution in [3.63, 3.8) is 0 Å². The van der Waals surface area contributed by atoms with Crippen LogP contribution in [0.25, 0.3) is 0 Å². The Morgan fingerprint density at radius 2 is 1.44 bits per heavy atom. The van der Waals surface area contributed by atoms with Crippen molar-refractivity contribution in [3.8, 4) is 0 Å². The van der Waals surface area contributed by atoms with Gasteiger partial charge in [0, 0.05) is 36.9 Å². The van der Waals surface area contributed by atoms with Gasteiger partial charge >= 0.3 is 0 Å². The zero-order chi connectivity index (χ0) is 22.4. The van der Waals surface area contributed by atoms with Gasteiger partial charge in [0.2, 0.25) is 0 Å². The van der Waals surface area contributed by atoms with E-state index < -0.39 is 10.0 Å². The molecule has 4 rings (SSSR count). The lowest BCUT2D eigenvalue weighted by atomic mass is 10.0. The lowest BCUT2D eigenvalue weighted by Gasteiger charge is -2.32. The molecule has 1 heterocycles. The molecule has 0 aliphatic carbocycles. The number of para-hydroxylation sites is 1. The summed E-state index contributed by atoms with van der Waals surface area (Å²) < 4.78 is 27.6. The van der Waals surface area contributed by atoms with Crippen molar-refractivity contribution < 1.29 is 13.2 Å². The molecule has 0 bridgehead atoms. The van der Waals surface area contributed by atoms with E-state index in [1.54, 1.807) is 36.4 Å². The smallest absolute Gasteiger partial charge is 0.261 e. The van der Waals surface area contributed by atoms with Crippen LogP contribution in [0.15, 0.2) is 89.8 Å². The number of sulfonamides is 1. The van der Waals surface area contributed by atoms with Crippen LogP contribution in [0.1, 0.15) is 28.8 Å². The SMILES string of the molecule is O=C(NC1CCN(Cc2ccccc2)CC1)c1ccc(S(=O)(=O)Nc2ccccc2)cc1. The zero-order valence-corrected chi connectivity index (χ0v) is 18.6. The summed E-state index contributed by atoms with van der Waals surface area (Å²) in [6.07, 6.45) is 1.79. The molecule has 3 aromatic rings. The maximum absolute atomic E-state index is 12.6. The van der Waals surface area contributed by atoms with E-state index in [9.17, 15) is 13.2 Å². The van der Waals surface area contributed by atoms with Gasteiger partial charge in [-0.1, -0.05) is 48.5 Å². The third kappa shape index (κ3) is 5.75. The summed E-state index contributed by atoms with van der Waals surface area (Å²) in [6.45, 7) is 2.79. The van der Waals surface area contributed by atoms with Gasteiger partial charge in [0.1, 0.15) is 0 Å². The highest BCUT2D eigenvalue weighted by molar-refractivity contribution is 7.92. The standard InChI is InChI=1S/C25H27N3O3S/c29-25(26-22-15-17-28(18-16-22)19-20-7-3-1-4-8-20)21-11-13-24(14-12-21)32(30,31)27-23-9-5-2-6-10-23/h1-14,22,27H,15-19H2,(H,26,29). The highest BCUT2D eigenvalue weighted by Gasteiger charge is 2.22. The summed E-state index contributed by atoms with van der Waals surface area (Å²) in [5, 5.41) is 3.09. The largest absolute Gasteiger partial charge is 0.349 e. The molecule has 6 nitrogen and oxygen atoms in total. The third-order valence-corrected chi connectivity index (χ3v) is 7.02. The van der Waals surface area contributed by atoms with Gasteiger partial charge in [-0.05, 0) is 54.8 Å². The van der Waals surface area contributed by atoms with Crippen LogP contribution in [0.5, 0.6) is 0 Å². The number of nitrogens with zero attached hydrogens (tertiary/aromatic N) is 1. The molecular formula is C25H27N3O3S. The maximum atomic E-state index is 12.6. The second kappa shape index (κ2) is 9.97. The molecule has 0 atom stereocenters. The van der Waals surface area contributed by atoms with Crippen LogP contribution < -0.4 is 10.0 Å². The third-order valence-electron chi connectivity index (χ3n) is 5.62. The number of rotatable bonds is 7. The number of carbonyl (C=O) groups is 1. The second-order valence-corrected chi connectivity index (χ2v) is 9.69. The molecule has 32 heavy (non-hydrogen) atoms. The Morgan fingerprint density at radius 1 is 0.844 bits per heavy atom. The fourth-order valence-corrected chi connectivity index (χ4v) is 4.91. The maximum Gasteiger partial charge on any atom is 0.261 e. The molecule has 3 aromatic carbocycles. The lowest BCUT2D eigenvalue weighted by Crippen LogP contribution is -2.44. The van der Waals surface area contributed by atoms with E-state index >= 15 is 0 Å². The summed E-state index contributed by atoms with van der Waals surface area (Å²) >= 11 is 0. The van der Waals surface area contributed by atoms with E-state index in [1.165, 1.54) is 17.7 Å². The van der Waals surface area contributed by atoms with Crippen molar-refractivity contribution in [1.82, 2.24) is 10.2 Å². The van der Waals surface area contributed by atoms with Gasteiger partial charge in [-0.15, -0.1) is 0 Å². The molecule has 0 aromatic heterocycles. The summed E-state index contributed by atoms with van der Waals surface area (Å²) in [4.78, 5) is 15.2. The van der Waals surface area contributed by atoms with Crippen LogP contribution >= 0.6 is 0 Å². The van der Waals surface area contributed by atoms with Crippen molar-refractivity contribution in [2.24, 2.45) is 0 Å². The number of amides is 1. The predicted molar refractivity (Wildman–Crippen MR) is 126 cm³/mol. The Kier molecular flexibility index (Phi) is 6.87. The van der Waals surface area contributed by atoms with Gasteiger partial charge in [-0.25, -0.2) is 8.42 Å². The molecule has 1 aliphatic heterocycles. The highest BCUT2D eigenvalue weighted by atomic mass is 32.2. The Morgan fingerprint density at radius 3 is 2.06 bits per heavy atom. The second-order valence-electron chi connectivity index (χ2n) is 8.01. The van der Waals surface area contributed by atoms with Crippen LogP contribution in [0.4, 0.5) is 5.69 Å². The minimum Gasteiger partial charge on any atom is -0.349 e. The number of anilines is 1. The molecule has 0 radical (unpaired) electrons. The summed E-state index contributed by atoms with van der Waals surface area (Å²) in [5.41, 5.74) is 2.25. The van der Waals surface area contributed by atoms with Crippen molar-refractivity contribution in [2.75, 3.05) is 17.8 Å². The fourth-order valence-electron chi connectivity index (χ4n) is 3.85. The molecule has 1 fully saturated rings. The molecule has 0 spiro atoms. The van der Waals surface area contributed by atoms with Crippen molar-refractivity contribution in [1.29, 1.82) is 0 Å². The van der Waals surface area contributed by atoms with Gasteiger partial charge in [0.25, 0.3) is 15.9 Å². The van der Waals surface area contributed by atoms with Gasteiger partial charge in [0.15, 0.2) is 0 Å². The normalized spacial score (nSPS) is 15.2. The number of nitrogens with one attached hydrogen (secondary N) is 2. The van der Waals surface area contributed by atoms with Crippen LogP contribution in [-0.2, 0) is 16.6 Å². The molecule has 0 unspecified atom stereocenters. The summed E-state index contributed by atoms with van der Waals surface area (Å²) in [7, 11) is -3.70. The first-order valence-electron chi connectivity index (χ1n) is 10.7. The summed E-state index contributed by atoms with van der Waals surface area (Å²) in [5.74, 6) is -0.175. The Bertz CT molecular complexity index is 1130. The molecule has 1 saturated heterocycles. The fraction of sp³-hybridized carbons (Fsp3) is 0.240. The van der Waals surface area contributed by atoms with Crippen LogP contribution in [-0.4, -0.2) is 38.4 Å². The van der Waals surface area contributed by atoms with E-state index in [0.29, 0.717) is 11.3 Å². The zero-order valence-electron chi connectivity index (χ0n) is 17.8. The monoisotopic (exact) mass is 449 g/mol. The number of piperidine rings is 1.